The van der Waals surface area contributed by atoms with Crippen LogP contribution in [0.25, 0.3) is 203 Å². The van der Waals surface area contributed by atoms with Gasteiger partial charge in [-0.3, -0.25) is 0 Å². The highest BCUT2D eigenvalue weighted by atomic mass is 19.4. The molecule has 118 heavy (non-hydrogen) atoms. The zero-order chi connectivity index (χ0) is 79.4. The number of hydrogen-bond donors (Lipinski definition) is 0. The monoisotopic (exact) mass is 1530 g/mol. The van der Waals surface area contributed by atoms with Crippen molar-refractivity contribution in [3.05, 3.63) is 362 Å². The maximum absolute atomic E-state index is 15.1. The SMILES string of the molecule is N#Cc1cc(C(F)(F)F)ccc1-c1cc(-n2c3cc(-c4nc(-c5ccccc5)nc(-c5ccccc5)n4)ccc3c3ccc(-c4nc(-c5ccccc5)nc(-c5ccccc5)n4)cc32)c(C#N)c(-n2c3cc(-c4nc(-c5ccccc5)nc(-c5ccccc5)n4)ccc3c3ccc(-c4nc(-c5ccccc5)nc(-c5ccccc5)n4)cc32)c1. The van der Waals surface area contributed by atoms with Gasteiger partial charge in [-0.05, 0) is 59.7 Å². The molecule has 6 heterocycles. The van der Waals surface area contributed by atoms with E-state index in [1.807, 2.05) is 325 Å². The first-order valence-corrected chi connectivity index (χ1v) is 37.9. The van der Waals surface area contributed by atoms with Gasteiger partial charge in [-0.1, -0.05) is 297 Å². The smallest absolute Gasteiger partial charge is 0.308 e. The first kappa shape index (κ1) is 70.6. The maximum atomic E-state index is 15.1. The maximum Gasteiger partial charge on any atom is 0.416 e. The zero-order valence-corrected chi connectivity index (χ0v) is 62.2. The van der Waals surface area contributed by atoms with Gasteiger partial charge in [0.25, 0.3) is 0 Å². The van der Waals surface area contributed by atoms with Gasteiger partial charge in [-0.2, -0.15) is 23.7 Å². The van der Waals surface area contributed by atoms with Gasteiger partial charge in [-0.25, -0.2) is 59.8 Å². The molecule has 0 spiro atoms. The summed E-state index contributed by atoms with van der Waals surface area (Å²) >= 11 is 0. The van der Waals surface area contributed by atoms with Crippen LogP contribution in [-0.4, -0.2) is 68.9 Å². The van der Waals surface area contributed by atoms with Gasteiger partial charge in [0.1, 0.15) is 11.6 Å². The first-order valence-electron chi connectivity index (χ1n) is 37.9. The van der Waals surface area contributed by atoms with E-state index in [2.05, 4.69) is 12.1 Å². The Kier molecular flexibility index (Phi) is 17.7. The Labute approximate surface area is 672 Å². The summed E-state index contributed by atoms with van der Waals surface area (Å²) in [5.74, 6) is 4.76. The number of halogens is 3. The lowest BCUT2D eigenvalue weighted by Crippen LogP contribution is -2.07. The van der Waals surface area contributed by atoms with Crippen molar-refractivity contribution >= 4 is 43.6 Å². The van der Waals surface area contributed by atoms with Crippen molar-refractivity contribution in [1.29, 1.82) is 10.5 Å². The van der Waals surface area contributed by atoms with E-state index in [0.29, 0.717) is 114 Å². The third kappa shape index (κ3) is 13.2. The lowest BCUT2D eigenvalue weighted by atomic mass is 9.95. The average molecular weight is 1530 g/mol. The van der Waals surface area contributed by atoms with Crippen molar-refractivity contribution in [2.24, 2.45) is 0 Å². The molecule has 6 aromatic heterocycles. The van der Waals surface area contributed by atoms with Crippen LogP contribution < -0.4 is 0 Å². The fraction of sp³-hybridized carbons (Fsp3) is 0.0101. The van der Waals surface area contributed by atoms with Gasteiger partial charge < -0.3 is 9.13 Å². The van der Waals surface area contributed by atoms with Gasteiger partial charge >= 0.3 is 6.18 Å². The molecule has 16 nitrogen and oxygen atoms in total. The lowest BCUT2D eigenvalue weighted by molar-refractivity contribution is -0.137. The largest absolute Gasteiger partial charge is 0.416 e. The van der Waals surface area contributed by atoms with E-state index < -0.39 is 11.7 Å². The molecule has 0 aliphatic rings. The van der Waals surface area contributed by atoms with Crippen molar-refractivity contribution in [1.82, 2.24) is 68.9 Å². The number of fused-ring (bicyclic) bond motifs is 6. The Morgan fingerprint density at radius 3 is 0.644 bits per heavy atom. The molecule has 0 atom stereocenters. The highest BCUT2D eigenvalue weighted by Crippen LogP contribution is 2.46. The van der Waals surface area contributed by atoms with Crippen molar-refractivity contribution in [3.63, 3.8) is 0 Å². The fourth-order valence-corrected chi connectivity index (χ4v) is 15.2. The Morgan fingerprint density at radius 1 is 0.220 bits per heavy atom. The summed E-state index contributed by atoms with van der Waals surface area (Å²) < 4.78 is 49.3. The molecule has 0 aliphatic heterocycles. The third-order valence-corrected chi connectivity index (χ3v) is 20.8. The molecule has 0 aliphatic carbocycles. The molecule has 0 radical (unpaired) electrons. The number of nitrogens with zero attached hydrogens (tertiary/aromatic N) is 16. The minimum Gasteiger partial charge on any atom is -0.308 e. The first-order chi connectivity index (χ1) is 58.0. The predicted molar refractivity (Wildman–Crippen MR) is 454 cm³/mol. The van der Waals surface area contributed by atoms with Crippen LogP contribution in [-0.2, 0) is 6.18 Å². The fourth-order valence-electron chi connectivity index (χ4n) is 15.2. The van der Waals surface area contributed by atoms with Crippen LogP contribution in [0, 0.1) is 22.7 Å². The highest BCUT2D eigenvalue weighted by molar-refractivity contribution is 6.13. The van der Waals surface area contributed by atoms with Gasteiger partial charge in [0.05, 0.1) is 50.6 Å². The van der Waals surface area contributed by atoms with Crippen LogP contribution in [0.1, 0.15) is 16.7 Å². The Morgan fingerprint density at radius 2 is 0.441 bits per heavy atom. The molecule has 0 bridgehead atoms. The standard InChI is InChI=1S/C99H57F3N16/c100-99(101,102)74-45-50-75(73(51-74)58-103)72-56-85(117-81-52-68(95-109-87(60-25-9-1-10-26-60)105-88(110-95)61-27-11-2-12-28-61)41-46-76(81)77-47-42-69(53-82(77)117)96-111-89(62-29-13-3-14-30-62)106-90(112-96)63-31-15-4-16-32-63)80(59-104)86(57-72)118-83-54-70(97-113-91(64-33-17-5-18-34-64)107-92(114-97)65-35-19-6-20-36-65)43-48-78(83)79-49-44-71(55-84(79)118)98-115-93(66-37-21-7-22-38-66)108-94(116-98)67-39-23-8-24-40-67/h1-57H. The van der Waals surface area contributed by atoms with Crippen molar-refractivity contribution in [2.75, 3.05) is 0 Å². The second-order valence-corrected chi connectivity index (χ2v) is 28.1. The number of hydrogen-bond acceptors (Lipinski definition) is 14. The summed E-state index contributed by atoms with van der Waals surface area (Å²) in [5.41, 5.74) is 10.4. The minimum absolute atomic E-state index is 0.102. The summed E-state index contributed by atoms with van der Waals surface area (Å²) in [4.78, 5) is 61.9. The van der Waals surface area contributed by atoms with E-state index in [1.54, 1.807) is 12.1 Å². The molecule has 0 saturated heterocycles. The lowest BCUT2D eigenvalue weighted by Gasteiger charge is -2.20. The summed E-state index contributed by atoms with van der Waals surface area (Å²) in [7, 11) is 0. The summed E-state index contributed by atoms with van der Waals surface area (Å²) in [5, 5.41) is 27.1. The van der Waals surface area contributed by atoms with E-state index in [-0.39, 0.29) is 33.6 Å². The van der Waals surface area contributed by atoms with Gasteiger partial charge in [-0.15, -0.1) is 0 Å². The molecule has 19 heteroatoms. The van der Waals surface area contributed by atoms with Crippen LogP contribution in [0.5, 0.6) is 0 Å². The van der Waals surface area contributed by atoms with E-state index in [4.69, 9.17) is 59.8 Å². The normalized spacial score (nSPS) is 11.5. The second kappa shape index (κ2) is 29.5. The van der Waals surface area contributed by atoms with E-state index in [1.165, 1.54) is 6.07 Å². The van der Waals surface area contributed by atoms with Gasteiger partial charge in [0.15, 0.2) is 69.9 Å². The molecule has 14 aromatic carbocycles. The summed E-state index contributed by atoms with van der Waals surface area (Å²) in [6.07, 6.45) is -4.82. The number of nitriles is 2. The van der Waals surface area contributed by atoms with Gasteiger partial charge in [0.2, 0.25) is 0 Å². The summed E-state index contributed by atoms with van der Waals surface area (Å²) in [6.45, 7) is 0. The van der Waals surface area contributed by atoms with Crippen molar-refractivity contribution in [2.45, 2.75) is 6.18 Å². The van der Waals surface area contributed by atoms with Crippen LogP contribution >= 0.6 is 0 Å². The van der Waals surface area contributed by atoms with E-state index >= 15 is 13.2 Å². The van der Waals surface area contributed by atoms with Crippen LogP contribution in [0.3, 0.4) is 0 Å². The molecule has 0 N–H and O–H groups in total. The zero-order valence-electron chi connectivity index (χ0n) is 62.2. The Balaban J connectivity index is 0.911. The molecule has 0 fully saturated rings. The average Bonchev–Trinajstić information content (AvgIpc) is 1.56. The van der Waals surface area contributed by atoms with Crippen LogP contribution in [0.4, 0.5) is 13.2 Å². The summed E-state index contributed by atoms with van der Waals surface area (Å²) in [6, 6.07) is 113. The number of alkyl halides is 3. The Bertz CT molecular complexity index is 6420. The molecule has 20 aromatic rings. The van der Waals surface area contributed by atoms with E-state index in [0.717, 1.165) is 78.2 Å². The van der Waals surface area contributed by atoms with Crippen LogP contribution in [0.2, 0.25) is 0 Å². The molecule has 0 unspecified atom stereocenters. The quantitative estimate of drug-likeness (QED) is 0.0934. The third-order valence-electron chi connectivity index (χ3n) is 20.8. The molecular weight excluding hydrogens is 1470 g/mol. The molecular formula is C99H57F3N16. The number of rotatable bonds is 15. The molecule has 0 amide bonds. The predicted octanol–water partition coefficient (Wildman–Crippen LogP) is 23.1. The molecule has 554 valence electrons. The van der Waals surface area contributed by atoms with Gasteiger partial charge in [0, 0.05) is 88.3 Å². The minimum atomic E-state index is -4.82. The second-order valence-electron chi connectivity index (χ2n) is 28.1. The molecule has 0 saturated carbocycles. The van der Waals surface area contributed by atoms with Crippen LogP contribution in [0.15, 0.2) is 346 Å². The topological polar surface area (TPSA) is 212 Å². The number of aromatic nitrogens is 14. The van der Waals surface area contributed by atoms with Crippen molar-refractivity contribution < 1.29 is 13.2 Å². The van der Waals surface area contributed by atoms with E-state index in [9.17, 15) is 10.5 Å². The van der Waals surface area contributed by atoms with Crippen molar-refractivity contribution in [3.8, 4) is 171 Å². The highest BCUT2D eigenvalue weighted by Gasteiger charge is 2.33. The molecule has 20 rings (SSSR count). The number of benzene rings is 14. The Hall–Kier alpha value is -16.5.